The van der Waals surface area contributed by atoms with Crippen LogP contribution in [-0.4, -0.2) is 24.7 Å². The second-order valence-electron chi connectivity index (χ2n) is 4.74. The minimum Gasteiger partial charge on any atom is -0.478 e. The number of halogens is 2. The highest BCUT2D eigenvalue weighted by Crippen LogP contribution is 2.30. The Hall–Kier alpha value is -1.65. The van der Waals surface area contributed by atoms with E-state index in [4.69, 9.17) is 5.11 Å². The predicted octanol–water partition coefficient (Wildman–Crippen LogP) is 2.90. The van der Waals surface area contributed by atoms with Crippen molar-refractivity contribution in [3.8, 4) is 0 Å². The Labute approximate surface area is 104 Å². The average molecular weight is 255 g/mol. The van der Waals surface area contributed by atoms with E-state index in [-0.39, 0.29) is 5.69 Å². The van der Waals surface area contributed by atoms with Gasteiger partial charge in [-0.05, 0) is 30.9 Å². The second-order valence-corrected chi connectivity index (χ2v) is 4.74. The summed E-state index contributed by atoms with van der Waals surface area (Å²) in [6.07, 6.45) is 3.41. The smallest absolute Gasteiger partial charge is 0.338 e. The van der Waals surface area contributed by atoms with E-state index in [0.29, 0.717) is 12.5 Å². The molecule has 1 saturated carbocycles. The number of carboxylic acid groups (broad SMARTS) is 1. The summed E-state index contributed by atoms with van der Waals surface area (Å²) in [5.74, 6) is -3.31. The predicted molar refractivity (Wildman–Crippen MR) is 63.9 cm³/mol. The number of nitrogens with zero attached hydrogens (tertiary/aromatic N) is 1. The number of anilines is 1. The number of hydrogen-bond acceptors (Lipinski definition) is 2. The summed E-state index contributed by atoms with van der Waals surface area (Å²) in [5, 5.41) is 8.69. The minimum absolute atomic E-state index is 0.115. The van der Waals surface area contributed by atoms with Gasteiger partial charge in [-0.15, -0.1) is 0 Å². The summed E-state index contributed by atoms with van der Waals surface area (Å²) in [7, 11) is 1.69. The summed E-state index contributed by atoms with van der Waals surface area (Å²) in [4.78, 5) is 12.3. The van der Waals surface area contributed by atoms with Crippen LogP contribution in [0.25, 0.3) is 0 Å². The first kappa shape index (κ1) is 12.8. The molecule has 0 bridgehead atoms. The molecule has 18 heavy (non-hydrogen) atoms. The molecule has 0 atom stereocenters. The Bertz CT molecular complexity index is 472. The quantitative estimate of drug-likeness (QED) is 0.899. The van der Waals surface area contributed by atoms with Crippen LogP contribution in [0.1, 0.15) is 29.6 Å². The lowest BCUT2D eigenvalue weighted by Gasteiger charge is -2.31. The van der Waals surface area contributed by atoms with Crippen LogP contribution in [-0.2, 0) is 0 Å². The monoisotopic (exact) mass is 255 g/mol. The molecule has 0 unspecified atom stereocenters. The number of aromatic carboxylic acids is 1. The van der Waals surface area contributed by atoms with Crippen LogP contribution in [0.2, 0.25) is 0 Å². The molecule has 0 aromatic heterocycles. The molecule has 1 aromatic carbocycles. The zero-order valence-corrected chi connectivity index (χ0v) is 10.1. The topological polar surface area (TPSA) is 40.5 Å². The summed E-state index contributed by atoms with van der Waals surface area (Å²) < 4.78 is 27.3. The highest BCUT2D eigenvalue weighted by atomic mass is 19.2. The fourth-order valence-electron chi connectivity index (χ4n) is 2.16. The van der Waals surface area contributed by atoms with E-state index in [1.165, 1.54) is 12.5 Å². The van der Waals surface area contributed by atoms with E-state index in [2.05, 4.69) is 0 Å². The van der Waals surface area contributed by atoms with Crippen LogP contribution in [0.15, 0.2) is 12.1 Å². The number of carbonyl (C=O) groups is 1. The molecule has 0 radical (unpaired) electrons. The van der Waals surface area contributed by atoms with Gasteiger partial charge in [0, 0.05) is 13.6 Å². The molecule has 2 rings (SSSR count). The van der Waals surface area contributed by atoms with Crippen molar-refractivity contribution >= 4 is 11.7 Å². The lowest BCUT2D eigenvalue weighted by atomic mass is 9.85. The highest BCUT2D eigenvalue weighted by Gasteiger charge is 2.23. The van der Waals surface area contributed by atoms with Gasteiger partial charge in [-0.2, -0.15) is 0 Å². The van der Waals surface area contributed by atoms with Crippen molar-refractivity contribution in [1.29, 1.82) is 0 Å². The van der Waals surface area contributed by atoms with Gasteiger partial charge >= 0.3 is 5.97 Å². The van der Waals surface area contributed by atoms with Gasteiger partial charge in [0.25, 0.3) is 0 Å². The molecule has 0 aliphatic heterocycles. The lowest BCUT2D eigenvalue weighted by molar-refractivity contribution is 0.0690. The Balaban J connectivity index is 2.22. The van der Waals surface area contributed by atoms with Crippen LogP contribution in [0.4, 0.5) is 14.5 Å². The van der Waals surface area contributed by atoms with Gasteiger partial charge in [0.05, 0.1) is 11.3 Å². The first-order chi connectivity index (χ1) is 8.50. The molecule has 5 heteroatoms. The Kier molecular flexibility index (Phi) is 3.50. The summed E-state index contributed by atoms with van der Waals surface area (Å²) in [6, 6.07) is 2.42. The van der Waals surface area contributed by atoms with Gasteiger partial charge in [-0.1, -0.05) is 6.42 Å². The molecular weight excluding hydrogens is 240 g/mol. The highest BCUT2D eigenvalue weighted by molar-refractivity contribution is 5.88. The summed E-state index contributed by atoms with van der Waals surface area (Å²) in [6.45, 7) is 0.669. The van der Waals surface area contributed by atoms with E-state index >= 15 is 0 Å². The van der Waals surface area contributed by atoms with Gasteiger partial charge in [-0.3, -0.25) is 0 Å². The third kappa shape index (κ3) is 2.30. The van der Waals surface area contributed by atoms with Gasteiger partial charge in [0.1, 0.15) is 0 Å². The fraction of sp³-hybridized carbons (Fsp3) is 0.462. The third-order valence-corrected chi connectivity index (χ3v) is 3.46. The average Bonchev–Trinajstić information content (AvgIpc) is 2.26. The molecule has 1 aliphatic carbocycles. The number of hydrogen-bond donors (Lipinski definition) is 1. The zero-order valence-electron chi connectivity index (χ0n) is 10.1. The Morgan fingerprint density at radius 2 is 2.06 bits per heavy atom. The SMILES string of the molecule is CN(CC1CCC1)c1ccc(C(=O)O)c(F)c1F. The van der Waals surface area contributed by atoms with E-state index < -0.39 is 23.2 Å². The van der Waals surface area contributed by atoms with E-state index in [9.17, 15) is 13.6 Å². The maximum atomic E-state index is 13.8. The molecule has 0 saturated heterocycles. The van der Waals surface area contributed by atoms with Crippen LogP contribution in [0, 0.1) is 17.6 Å². The van der Waals surface area contributed by atoms with Crippen molar-refractivity contribution < 1.29 is 18.7 Å². The standard InChI is InChI=1S/C13H15F2NO2/c1-16(7-8-3-2-4-8)10-6-5-9(13(17)18)11(14)12(10)15/h5-6,8H,2-4,7H2,1H3,(H,17,18). The molecule has 0 spiro atoms. The van der Waals surface area contributed by atoms with E-state index in [1.807, 2.05) is 0 Å². The van der Waals surface area contributed by atoms with Crippen molar-refractivity contribution in [2.75, 3.05) is 18.5 Å². The lowest BCUT2D eigenvalue weighted by Crippen LogP contribution is -2.30. The largest absolute Gasteiger partial charge is 0.478 e. The number of carboxylic acids is 1. The van der Waals surface area contributed by atoms with E-state index in [0.717, 1.165) is 18.9 Å². The first-order valence-corrected chi connectivity index (χ1v) is 5.93. The summed E-state index contributed by atoms with van der Waals surface area (Å²) >= 11 is 0. The minimum atomic E-state index is -1.46. The molecule has 98 valence electrons. The van der Waals surface area contributed by atoms with Crippen molar-refractivity contribution in [3.05, 3.63) is 29.3 Å². The van der Waals surface area contributed by atoms with Crippen molar-refractivity contribution in [2.45, 2.75) is 19.3 Å². The normalized spacial score (nSPS) is 15.3. The van der Waals surface area contributed by atoms with E-state index in [1.54, 1.807) is 11.9 Å². The second kappa shape index (κ2) is 4.92. The van der Waals surface area contributed by atoms with Crippen LogP contribution in [0.5, 0.6) is 0 Å². The summed E-state index contributed by atoms with van der Waals surface area (Å²) in [5.41, 5.74) is -0.516. The number of rotatable bonds is 4. The van der Waals surface area contributed by atoms with Gasteiger partial charge in [0.15, 0.2) is 11.6 Å². The third-order valence-electron chi connectivity index (χ3n) is 3.46. The molecule has 1 fully saturated rings. The fourth-order valence-corrected chi connectivity index (χ4v) is 2.16. The molecular formula is C13H15F2NO2. The molecule has 1 N–H and O–H groups in total. The van der Waals surface area contributed by atoms with Crippen LogP contribution in [0.3, 0.4) is 0 Å². The number of benzene rings is 1. The van der Waals surface area contributed by atoms with Gasteiger partial charge in [0.2, 0.25) is 0 Å². The Morgan fingerprint density at radius 3 is 2.56 bits per heavy atom. The van der Waals surface area contributed by atoms with Crippen molar-refractivity contribution in [1.82, 2.24) is 0 Å². The molecule has 1 aromatic rings. The van der Waals surface area contributed by atoms with Crippen LogP contribution < -0.4 is 4.90 Å². The maximum Gasteiger partial charge on any atom is 0.338 e. The molecule has 1 aliphatic rings. The molecule has 0 amide bonds. The van der Waals surface area contributed by atoms with Crippen molar-refractivity contribution in [2.24, 2.45) is 5.92 Å². The van der Waals surface area contributed by atoms with Gasteiger partial charge < -0.3 is 10.0 Å². The Morgan fingerprint density at radius 1 is 1.39 bits per heavy atom. The van der Waals surface area contributed by atoms with Crippen LogP contribution >= 0.6 is 0 Å². The maximum absolute atomic E-state index is 13.8. The molecule has 0 heterocycles. The van der Waals surface area contributed by atoms with Gasteiger partial charge in [-0.25, -0.2) is 13.6 Å². The van der Waals surface area contributed by atoms with Crippen molar-refractivity contribution in [3.63, 3.8) is 0 Å². The molecule has 3 nitrogen and oxygen atoms in total. The zero-order chi connectivity index (χ0) is 13.3. The first-order valence-electron chi connectivity index (χ1n) is 5.93.